The number of carbonyl (C=O) groups is 1. The lowest BCUT2D eigenvalue weighted by molar-refractivity contribution is 0.0950. The SMILES string of the molecule is O=C(NCc1cc2nc(N3CCOc4cc(C5CC5)cnc43)ccc2cn1)c1cc(Cl)c2c(c1)S(=O)(=O)[C@@H](F)CCO2. The van der Waals surface area contributed by atoms with E-state index in [1.165, 1.54) is 24.5 Å². The predicted octanol–water partition coefficient (Wildman–Crippen LogP) is 4.87. The number of benzene rings is 1. The fraction of sp³-hybridized carbons (Fsp3) is 0.310. The predicted molar refractivity (Wildman–Crippen MR) is 153 cm³/mol. The number of amides is 1. The van der Waals surface area contributed by atoms with Crippen LogP contribution in [0, 0.1) is 0 Å². The van der Waals surface area contributed by atoms with Crippen molar-refractivity contribution in [3.63, 3.8) is 0 Å². The average molecular weight is 610 g/mol. The van der Waals surface area contributed by atoms with Crippen LogP contribution in [0.4, 0.5) is 16.0 Å². The van der Waals surface area contributed by atoms with Gasteiger partial charge < -0.3 is 19.7 Å². The van der Waals surface area contributed by atoms with E-state index < -0.39 is 26.1 Å². The van der Waals surface area contributed by atoms with E-state index in [4.69, 9.17) is 31.0 Å². The molecule has 1 amide bonds. The van der Waals surface area contributed by atoms with Gasteiger partial charge in [0, 0.05) is 29.8 Å². The third-order valence-corrected chi connectivity index (χ3v) is 9.67. The average Bonchev–Trinajstić information content (AvgIpc) is 3.85. The number of aromatic nitrogens is 3. The van der Waals surface area contributed by atoms with Crippen LogP contribution in [0.3, 0.4) is 0 Å². The van der Waals surface area contributed by atoms with Crippen molar-refractivity contribution in [2.24, 2.45) is 0 Å². The molecule has 3 aromatic heterocycles. The minimum atomic E-state index is -4.36. The first kappa shape index (κ1) is 26.8. The van der Waals surface area contributed by atoms with Crippen LogP contribution in [0.1, 0.15) is 46.8 Å². The zero-order valence-corrected chi connectivity index (χ0v) is 23.8. The number of nitrogens with zero attached hydrogens (tertiary/aromatic N) is 4. The molecule has 0 unspecified atom stereocenters. The summed E-state index contributed by atoms with van der Waals surface area (Å²) in [6.07, 6.45) is 5.63. The number of halogens is 2. The number of pyridine rings is 3. The Kier molecular flexibility index (Phi) is 6.62. The van der Waals surface area contributed by atoms with E-state index in [1.54, 1.807) is 12.3 Å². The second-order valence-corrected chi connectivity index (χ2v) is 12.9. The van der Waals surface area contributed by atoms with Crippen molar-refractivity contribution in [3.8, 4) is 11.5 Å². The van der Waals surface area contributed by atoms with Gasteiger partial charge in [-0.2, -0.15) is 0 Å². The maximum Gasteiger partial charge on any atom is 0.251 e. The molecule has 7 rings (SSSR count). The van der Waals surface area contributed by atoms with E-state index >= 15 is 0 Å². The fourth-order valence-corrected chi connectivity index (χ4v) is 6.87. The minimum Gasteiger partial charge on any atom is -0.490 e. The summed E-state index contributed by atoms with van der Waals surface area (Å²) in [7, 11) is -4.36. The number of rotatable bonds is 5. The number of alkyl halides is 1. The third-order valence-electron chi connectivity index (χ3n) is 7.56. The van der Waals surface area contributed by atoms with Gasteiger partial charge in [-0.25, -0.2) is 22.8 Å². The zero-order valence-electron chi connectivity index (χ0n) is 22.2. The number of hydrogen-bond donors (Lipinski definition) is 1. The first-order valence-electron chi connectivity index (χ1n) is 13.6. The molecule has 1 atom stereocenters. The normalized spacial score (nSPS) is 19.2. The standard InChI is InChI=1S/C29H25ClFN5O5S/c30-21-9-18(11-24-27(21)41-7-5-25(31)42(24,38)39)29(37)34-15-20-12-22-17(13-32-20)3-4-26(35-22)36-6-8-40-23-10-19(16-1-2-16)14-33-28(23)36/h3-4,9-14,16,25H,1-2,5-8,15H2,(H,34,37)/t25-/m1/s1. The van der Waals surface area contributed by atoms with Crippen LogP contribution >= 0.6 is 11.6 Å². The van der Waals surface area contributed by atoms with Gasteiger partial charge in [-0.3, -0.25) is 9.78 Å². The number of fused-ring (bicyclic) bond motifs is 3. The molecule has 0 spiro atoms. The van der Waals surface area contributed by atoms with E-state index in [2.05, 4.69) is 16.4 Å². The number of sulfone groups is 1. The van der Waals surface area contributed by atoms with E-state index in [1.807, 2.05) is 23.2 Å². The number of carbonyl (C=O) groups excluding carboxylic acids is 1. The van der Waals surface area contributed by atoms with Gasteiger partial charge in [-0.15, -0.1) is 0 Å². The van der Waals surface area contributed by atoms with Crippen LogP contribution in [0.15, 0.2) is 53.7 Å². The molecule has 5 heterocycles. The van der Waals surface area contributed by atoms with Crippen molar-refractivity contribution >= 4 is 49.9 Å². The highest BCUT2D eigenvalue weighted by atomic mass is 35.5. The molecule has 0 saturated heterocycles. The van der Waals surface area contributed by atoms with Gasteiger partial charge in [0.25, 0.3) is 5.91 Å². The summed E-state index contributed by atoms with van der Waals surface area (Å²) >= 11 is 6.23. The molecule has 3 aliphatic rings. The summed E-state index contributed by atoms with van der Waals surface area (Å²) in [4.78, 5) is 28.5. The van der Waals surface area contributed by atoms with Gasteiger partial charge in [-0.1, -0.05) is 11.6 Å². The van der Waals surface area contributed by atoms with Crippen LogP contribution in [-0.2, 0) is 16.4 Å². The highest BCUT2D eigenvalue weighted by Gasteiger charge is 2.35. The van der Waals surface area contributed by atoms with Gasteiger partial charge in [0.2, 0.25) is 15.3 Å². The molecule has 1 saturated carbocycles. The van der Waals surface area contributed by atoms with Crippen LogP contribution in [0.2, 0.25) is 5.02 Å². The molecule has 1 N–H and O–H groups in total. The lowest BCUT2D eigenvalue weighted by Gasteiger charge is -2.29. The van der Waals surface area contributed by atoms with Gasteiger partial charge in [-0.05, 0) is 60.7 Å². The summed E-state index contributed by atoms with van der Waals surface area (Å²) in [6, 6.07) is 10.1. The lowest BCUT2D eigenvalue weighted by Crippen LogP contribution is -2.30. The summed E-state index contributed by atoms with van der Waals surface area (Å²) in [6.45, 7) is 1.01. The molecule has 0 bridgehead atoms. The molecule has 1 aromatic carbocycles. The van der Waals surface area contributed by atoms with Crippen LogP contribution < -0.4 is 19.7 Å². The molecule has 42 heavy (non-hydrogen) atoms. The summed E-state index contributed by atoms with van der Waals surface area (Å²) in [5.74, 6) is 2.03. The van der Waals surface area contributed by atoms with Crippen LogP contribution in [-0.4, -0.2) is 54.5 Å². The molecule has 216 valence electrons. The highest BCUT2D eigenvalue weighted by molar-refractivity contribution is 7.92. The zero-order chi connectivity index (χ0) is 29.0. The Bertz CT molecular complexity index is 1850. The molecule has 1 aliphatic carbocycles. The molecule has 0 radical (unpaired) electrons. The van der Waals surface area contributed by atoms with Crippen molar-refractivity contribution in [3.05, 3.63) is 70.6 Å². The molecular formula is C29H25ClFN5O5S. The van der Waals surface area contributed by atoms with E-state index in [0.29, 0.717) is 36.1 Å². The molecule has 1 fully saturated rings. The first-order chi connectivity index (χ1) is 20.3. The summed E-state index contributed by atoms with van der Waals surface area (Å²) < 4.78 is 50.8. The van der Waals surface area contributed by atoms with Gasteiger partial charge in [0.05, 0.1) is 35.9 Å². The Balaban J connectivity index is 1.11. The van der Waals surface area contributed by atoms with Crippen molar-refractivity contribution in [2.45, 2.75) is 42.1 Å². The topological polar surface area (TPSA) is 124 Å². The van der Waals surface area contributed by atoms with Gasteiger partial charge in [0.1, 0.15) is 17.3 Å². The number of hydrogen-bond acceptors (Lipinski definition) is 9. The van der Waals surface area contributed by atoms with Crippen molar-refractivity contribution in [1.29, 1.82) is 0 Å². The Morgan fingerprint density at radius 3 is 2.76 bits per heavy atom. The largest absolute Gasteiger partial charge is 0.490 e. The summed E-state index contributed by atoms with van der Waals surface area (Å²) in [5.41, 5.74) is 0.240. The van der Waals surface area contributed by atoms with Crippen LogP contribution in [0.5, 0.6) is 11.5 Å². The Labute approximate surface area is 245 Å². The molecule has 10 nitrogen and oxygen atoms in total. The molecular weight excluding hydrogens is 585 g/mol. The summed E-state index contributed by atoms with van der Waals surface area (Å²) in [5, 5.41) is 3.46. The Morgan fingerprint density at radius 1 is 1.07 bits per heavy atom. The maximum atomic E-state index is 14.3. The number of nitrogens with one attached hydrogen (secondary N) is 1. The molecule has 13 heteroatoms. The Morgan fingerprint density at radius 2 is 1.93 bits per heavy atom. The van der Waals surface area contributed by atoms with Gasteiger partial charge >= 0.3 is 0 Å². The van der Waals surface area contributed by atoms with Gasteiger partial charge in [0.15, 0.2) is 17.3 Å². The smallest absolute Gasteiger partial charge is 0.251 e. The van der Waals surface area contributed by atoms with Crippen LogP contribution in [0.25, 0.3) is 10.9 Å². The quantitative estimate of drug-likeness (QED) is 0.337. The number of anilines is 2. The monoisotopic (exact) mass is 609 g/mol. The van der Waals surface area contributed by atoms with E-state index in [9.17, 15) is 17.6 Å². The van der Waals surface area contributed by atoms with Crippen molar-refractivity contribution in [2.75, 3.05) is 24.7 Å². The maximum absolute atomic E-state index is 14.3. The minimum absolute atomic E-state index is 0.0375. The third kappa shape index (κ3) is 4.88. The highest BCUT2D eigenvalue weighted by Crippen LogP contribution is 2.44. The van der Waals surface area contributed by atoms with E-state index in [-0.39, 0.29) is 35.9 Å². The second-order valence-electron chi connectivity index (χ2n) is 10.5. The van der Waals surface area contributed by atoms with Crippen molar-refractivity contribution < 1.29 is 27.1 Å². The lowest BCUT2D eigenvalue weighted by atomic mass is 10.1. The number of ether oxygens (including phenoxy) is 2. The molecule has 4 aromatic rings. The second kappa shape index (κ2) is 10.4. The fourth-order valence-electron chi connectivity index (χ4n) is 5.14. The first-order valence-corrected chi connectivity index (χ1v) is 15.5. The van der Waals surface area contributed by atoms with Crippen molar-refractivity contribution in [1.82, 2.24) is 20.3 Å². The molecule has 2 aliphatic heterocycles. The Hall–Kier alpha value is -4.03. The van der Waals surface area contributed by atoms with E-state index in [0.717, 1.165) is 23.0 Å².